The highest BCUT2D eigenvalue weighted by Crippen LogP contribution is 2.33. The Kier molecular flexibility index (Phi) is 6.50. The zero-order valence-electron chi connectivity index (χ0n) is 21.6. The minimum atomic E-state index is -3.85. The number of aryl methyl sites for hydroxylation is 1. The number of ketones is 1. The Morgan fingerprint density at radius 3 is 1.70 bits per heavy atom. The molecule has 40 heavy (non-hydrogen) atoms. The third-order valence-corrected chi connectivity index (χ3v) is 8.13. The van der Waals surface area contributed by atoms with E-state index in [2.05, 4.69) is 10.0 Å². The van der Waals surface area contributed by atoms with E-state index < -0.39 is 10.0 Å². The Morgan fingerprint density at radius 2 is 1.12 bits per heavy atom. The van der Waals surface area contributed by atoms with Crippen molar-refractivity contribution in [2.24, 2.45) is 0 Å². The molecule has 196 valence electrons. The summed E-state index contributed by atoms with van der Waals surface area (Å²) in [6, 6.07) is 36.2. The maximum atomic E-state index is 13.0. The van der Waals surface area contributed by atoms with Crippen molar-refractivity contribution in [3.63, 3.8) is 0 Å². The molecule has 6 nitrogen and oxygen atoms in total. The van der Waals surface area contributed by atoms with Gasteiger partial charge in [0, 0.05) is 33.3 Å². The highest BCUT2D eigenvalue weighted by atomic mass is 32.2. The van der Waals surface area contributed by atoms with Crippen molar-refractivity contribution in [1.29, 1.82) is 0 Å². The van der Waals surface area contributed by atoms with E-state index in [-0.39, 0.29) is 10.7 Å². The lowest BCUT2D eigenvalue weighted by Gasteiger charge is -2.14. The van der Waals surface area contributed by atoms with Crippen molar-refractivity contribution in [2.45, 2.75) is 11.8 Å². The normalized spacial score (nSPS) is 11.4. The standard InChI is InChI=1S/C33H25N3O3S/c1-22-10-12-23(13-11-22)33(37)24-14-20-27(21-15-24)40(38,39)36-26-18-16-25(17-19-26)34-32-28-6-2-4-8-30(28)35-31-9-5-3-7-29(31)32/h2-21,36H,1H3,(H,34,35). The van der Waals surface area contributed by atoms with Crippen LogP contribution in [0.15, 0.2) is 126 Å². The van der Waals surface area contributed by atoms with Crippen molar-refractivity contribution < 1.29 is 13.2 Å². The second-order valence-electron chi connectivity index (χ2n) is 9.55. The molecule has 7 heteroatoms. The average Bonchev–Trinajstić information content (AvgIpc) is 2.98. The summed E-state index contributed by atoms with van der Waals surface area (Å²) < 4.78 is 28.7. The summed E-state index contributed by atoms with van der Waals surface area (Å²) in [5.41, 5.74) is 6.00. The minimum Gasteiger partial charge on any atom is -0.354 e. The van der Waals surface area contributed by atoms with Gasteiger partial charge in [0.2, 0.25) is 0 Å². The molecule has 0 unspecified atom stereocenters. The SMILES string of the molecule is Cc1ccc(C(=O)c2ccc(S(=O)(=O)Nc3ccc(Nc4c5ccccc5nc5ccccc45)cc3)cc2)cc1. The molecule has 0 amide bonds. The fourth-order valence-corrected chi connectivity index (χ4v) is 5.67. The molecular weight excluding hydrogens is 518 g/mol. The number of carbonyl (C=O) groups is 1. The summed E-state index contributed by atoms with van der Waals surface area (Å²) >= 11 is 0. The van der Waals surface area contributed by atoms with Crippen molar-refractivity contribution >= 4 is 54.7 Å². The smallest absolute Gasteiger partial charge is 0.261 e. The largest absolute Gasteiger partial charge is 0.354 e. The highest BCUT2D eigenvalue weighted by molar-refractivity contribution is 7.92. The van der Waals surface area contributed by atoms with Gasteiger partial charge < -0.3 is 5.32 Å². The zero-order valence-corrected chi connectivity index (χ0v) is 22.4. The Morgan fingerprint density at radius 1 is 0.625 bits per heavy atom. The van der Waals surface area contributed by atoms with Crippen LogP contribution in [0.5, 0.6) is 0 Å². The molecule has 0 atom stereocenters. The number of nitrogens with zero attached hydrogens (tertiary/aromatic N) is 1. The maximum Gasteiger partial charge on any atom is 0.261 e. The van der Waals surface area contributed by atoms with Gasteiger partial charge in [-0.25, -0.2) is 13.4 Å². The number of rotatable bonds is 7. The number of nitrogens with one attached hydrogen (secondary N) is 2. The molecule has 0 saturated carbocycles. The van der Waals surface area contributed by atoms with Crippen molar-refractivity contribution in [3.05, 3.63) is 138 Å². The van der Waals surface area contributed by atoms with Crippen LogP contribution in [0.1, 0.15) is 21.5 Å². The first kappa shape index (κ1) is 25.3. The van der Waals surface area contributed by atoms with Crippen molar-refractivity contribution in [1.82, 2.24) is 4.98 Å². The van der Waals surface area contributed by atoms with Crippen LogP contribution in [-0.2, 0) is 10.0 Å². The van der Waals surface area contributed by atoms with Gasteiger partial charge in [0.15, 0.2) is 5.78 Å². The molecule has 6 aromatic rings. The summed E-state index contributed by atoms with van der Waals surface area (Å²) in [7, 11) is -3.85. The monoisotopic (exact) mass is 543 g/mol. The first-order valence-electron chi connectivity index (χ1n) is 12.8. The van der Waals surface area contributed by atoms with E-state index in [9.17, 15) is 13.2 Å². The topological polar surface area (TPSA) is 88.2 Å². The Balaban J connectivity index is 1.20. The lowest BCUT2D eigenvalue weighted by atomic mass is 10.0. The van der Waals surface area contributed by atoms with Crippen LogP contribution in [0.3, 0.4) is 0 Å². The van der Waals surface area contributed by atoms with Crippen LogP contribution in [0.25, 0.3) is 21.8 Å². The number of aromatic nitrogens is 1. The number of fused-ring (bicyclic) bond motifs is 2. The molecule has 0 radical (unpaired) electrons. The number of para-hydroxylation sites is 2. The fourth-order valence-electron chi connectivity index (χ4n) is 4.61. The van der Waals surface area contributed by atoms with Gasteiger partial charge >= 0.3 is 0 Å². The quantitative estimate of drug-likeness (QED) is 0.161. The van der Waals surface area contributed by atoms with E-state index in [0.717, 1.165) is 38.7 Å². The van der Waals surface area contributed by atoms with Gasteiger partial charge in [-0.1, -0.05) is 66.2 Å². The van der Waals surface area contributed by atoms with E-state index in [1.807, 2.05) is 79.7 Å². The van der Waals surface area contributed by atoms with Crippen LogP contribution in [0.2, 0.25) is 0 Å². The molecular formula is C33H25N3O3S. The molecule has 0 aliphatic heterocycles. The molecule has 0 aliphatic rings. The van der Waals surface area contributed by atoms with Crippen LogP contribution in [0, 0.1) is 6.92 Å². The third kappa shape index (κ3) is 5.02. The number of anilines is 3. The second-order valence-corrected chi connectivity index (χ2v) is 11.2. The summed E-state index contributed by atoms with van der Waals surface area (Å²) in [6.45, 7) is 1.95. The van der Waals surface area contributed by atoms with E-state index in [1.54, 1.807) is 24.3 Å². The first-order valence-corrected chi connectivity index (χ1v) is 14.2. The molecule has 6 rings (SSSR count). The minimum absolute atomic E-state index is 0.0740. The van der Waals surface area contributed by atoms with Gasteiger partial charge in [-0.05, 0) is 67.6 Å². The Labute approximate surface area is 232 Å². The predicted molar refractivity (Wildman–Crippen MR) is 161 cm³/mol. The summed E-state index contributed by atoms with van der Waals surface area (Å²) in [5.74, 6) is -0.158. The second kappa shape index (κ2) is 10.3. The number of pyridine rings is 1. The number of benzene rings is 5. The number of hydrogen-bond acceptors (Lipinski definition) is 5. The lowest BCUT2D eigenvalue weighted by Crippen LogP contribution is -2.13. The van der Waals surface area contributed by atoms with Gasteiger partial charge in [-0.3, -0.25) is 9.52 Å². The molecule has 2 N–H and O–H groups in total. The molecule has 0 saturated heterocycles. The van der Waals surface area contributed by atoms with Crippen LogP contribution in [0.4, 0.5) is 17.1 Å². The number of sulfonamides is 1. The van der Waals surface area contributed by atoms with Gasteiger partial charge in [-0.15, -0.1) is 0 Å². The maximum absolute atomic E-state index is 13.0. The van der Waals surface area contributed by atoms with E-state index >= 15 is 0 Å². The predicted octanol–water partition coefficient (Wildman–Crippen LogP) is 7.47. The lowest BCUT2D eigenvalue weighted by molar-refractivity contribution is 0.103. The molecule has 5 aromatic carbocycles. The first-order chi connectivity index (χ1) is 19.4. The highest BCUT2D eigenvalue weighted by Gasteiger charge is 2.16. The van der Waals surface area contributed by atoms with Gasteiger partial charge in [0.05, 0.1) is 21.6 Å². The van der Waals surface area contributed by atoms with E-state index in [4.69, 9.17) is 4.98 Å². The Hall–Kier alpha value is -5.01. The van der Waals surface area contributed by atoms with Crippen molar-refractivity contribution in [3.8, 4) is 0 Å². The Bertz CT molecular complexity index is 1910. The summed E-state index contributed by atoms with van der Waals surface area (Å²) in [6.07, 6.45) is 0. The number of hydrogen-bond donors (Lipinski definition) is 2. The zero-order chi connectivity index (χ0) is 27.7. The molecule has 0 aliphatic carbocycles. The van der Waals surface area contributed by atoms with Gasteiger partial charge in [0.1, 0.15) is 0 Å². The number of carbonyl (C=O) groups excluding carboxylic acids is 1. The molecule has 0 spiro atoms. The van der Waals surface area contributed by atoms with Gasteiger partial charge in [-0.2, -0.15) is 0 Å². The fraction of sp³-hybridized carbons (Fsp3) is 0.0303. The average molecular weight is 544 g/mol. The molecule has 1 heterocycles. The van der Waals surface area contributed by atoms with Gasteiger partial charge in [0.25, 0.3) is 10.0 Å². The summed E-state index contributed by atoms with van der Waals surface area (Å²) in [5, 5.41) is 5.49. The van der Waals surface area contributed by atoms with E-state index in [0.29, 0.717) is 16.8 Å². The molecule has 0 bridgehead atoms. The third-order valence-electron chi connectivity index (χ3n) is 6.73. The van der Waals surface area contributed by atoms with Crippen molar-refractivity contribution in [2.75, 3.05) is 10.0 Å². The van der Waals surface area contributed by atoms with E-state index in [1.165, 1.54) is 24.3 Å². The molecule has 1 aromatic heterocycles. The van der Waals surface area contributed by atoms with Crippen LogP contribution < -0.4 is 10.0 Å². The van der Waals surface area contributed by atoms with Crippen LogP contribution in [-0.4, -0.2) is 19.2 Å². The summed E-state index contributed by atoms with van der Waals surface area (Å²) in [4.78, 5) is 17.6. The molecule has 0 fully saturated rings. The van der Waals surface area contributed by atoms with Crippen LogP contribution >= 0.6 is 0 Å².